The normalized spacial score (nSPS) is 16.2. The number of hydrogen-bond donors (Lipinski definition) is 1. The van der Waals surface area contributed by atoms with Gasteiger partial charge in [-0.2, -0.15) is 0 Å². The number of anilines is 1. The third-order valence-electron chi connectivity index (χ3n) is 3.85. The lowest BCUT2D eigenvalue weighted by molar-refractivity contribution is -0.384. The average molecular weight is 316 g/mol. The quantitative estimate of drug-likeness (QED) is 0.669. The zero-order valence-corrected chi connectivity index (χ0v) is 12.7. The van der Waals surface area contributed by atoms with Gasteiger partial charge in [0.15, 0.2) is 0 Å². The summed E-state index contributed by atoms with van der Waals surface area (Å²) in [4.78, 5) is 12.5. The topological polar surface area (TPSA) is 58.4 Å². The van der Waals surface area contributed by atoms with E-state index in [0.29, 0.717) is 24.7 Å². The maximum Gasteiger partial charge on any atom is 0.294 e. The molecule has 1 aromatic carbocycles. The molecule has 0 radical (unpaired) electrons. The minimum Gasteiger partial charge on any atom is -0.366 e. The van der Waals surface area contributed by atoms with Crippen molar-refractivity contribution in [1.82, 2.24) is 5.32 Å². The second kappa shape index (κ2) is 7.04. The second-order valence-corrected chi connectivity index (χ2v) is 5.66. The van der Waals surface area contributed by atoms with E-state index in [0.717, 1.165) is 32.0 Å². The molecule has 0 atom stereocenters. The van der Waals surface area contributed by atoms with Gasteiger partial charge in [0.05, 0.1) is 9.95 Å². The third kappa shape index (κ3) is 3.83. The van der Waals surface area contributed by atoms with Crippen LogP contribution in [0.2, 0.25) is 5.02 Å². The lowest BCUT2D eigenvalue weighted by Crippen LogP contribution is -2.37. The summed E-state index contributed by atoms with van der Waals surface area (Å²) in [5.74, 6) is -0.0514. The Hall–Kier alpha value is -1.40. The fourth-order valence-corrected chi connectivity index (χ4v) is 2.81. The number of nitrogens with one attached hydrogen (secondary N) is 1. The Labute approximate surface area is 128 Å². The number of halogens is 2. The maximum absolute atomic E-state index is 13.6. The van der Waals surface area contributed by atoms with E-state index in [9.17, 15) is 14.5 Å². The van der Waals surface area contributed by atoms with Crippen LogP contribution in [0.5, 0.6) is 0 Å². The van der Waals surface area contributed by atoms with Crippen molar-refractivity contribution in [2.45, 2.75) is 19.8 Å². The lowest BCUT2D eigenvalue weighted by Gasteiger charge is -2.33. The van der Waals surface area contributed by atoms with Crippen LogP contribution in [0.15, 0.2) is 12.1 Å². The van der Waals surface area contributed by atoms with E-state index < -0.39 is 10.7 Å². The number of nitro groups is 1. The van der Waals surface area contributed by atoms with E-state index in [2.05, 4.69) is 12.2 Å². The Morgan fingerprint density at radius 2 is 2.14 bits per heavy atom. The molecular weight excluding hydrogens is 297 g/mol. The highest BCUT2D eigenvalue weighted by Gasteiger charge is 2.26. The Morgan fingerprint density at radius 3 is 2.71 bits per heavy atom. The van der Waals surface area contributed by atoms with Crippen molar-refractivity contribution in [3.05, 3.63) is 33.1 Å². The van der Waals surface area contributed by atoms with Crippen LogP contribution in [0, 0.1) is 21.8 Å². The molecule has 1 aromatic rings. The molecule has 0 amide bonds. The highest BCUT2D eigenvalue weighted by molar-refractivity contribution is 6.31. The van der Waals surface area contributed by atoms with Gasteiger partial charge >= 0.3 is 0 Å². The predicted octanol–water partition coefficient (Wildman–Crippen LogP) is 3.21. The molecular formula is C14H19ClFN3O2. The molecule has 1 aliphatic heterocycles. The summed E-state index contributed by atoms with van der Waals surface area (Å²) in [6, 6.07) is 2.27. The average Bonchev–Trinajstić information content (AvgIpc) is 2.48. The fourth-order valence-electron chi connectivity index (χ4n) is 2.65. The van der Waals surface area contributed by atoms with Crippen molar-refractivity contribution in [3.63, 3.8) is 0 Å². The zero-order chi connectivity index (χ0) is 15.4. The summed E-state index contributed by atoms with van der Waals surface area (Å²) in [6.07, 6.45) is 1.88. The Kier molecular flexibility index (Phi) is 5.36. The number of nitro benzene ring substituents is 1. The van der Waals surface area contributed by atoms with E-state index in [1.54, 1.807) is 0 Å². The van der Waals surface area contributed by atoms with Crippen LogP contribution in [0.4, 0.5) is 15.8 Å². The van der Waals surface area contributed by atoms with Crippen molar-refractivity contribution >= 4 is 23.0 Å². The van der Waals surface area contributed by atoms with Crippen LogP contribution >= 0.6 is 11.6 Å². The first-order valence-electron chi connectivity index (χ1n) is 7.12. The van der Waals surface area contributed by atoms with Crippen LogP contribution < -0.4 is 10.2 Å². The van der Waals surface area contributed by atoms with Crippen LogP contribution in [-0.4, -0.2) is 31.1 Å². The van der Waals surface area contributed by atoms with Gasteiger partial charge in [-0.05, 0) is 31.8 Å². The summed E-state index contributed by atoms with van der Waals surface area (Å²) in [5, 5.41) is 14.2. The van der Waals surface area contributed by atoms with Gasteiger partial charge in [-0.25, -0.2) is 4.39 Å². The first-order valence-corrected chi connectivity index (χ1v) is 7.49. The molecule has 0 aliphatic carbocycles. The van der Waals surface area contributed by atoms with Crippen LogP contribution in [-0.2, 0) is 0 Å². The third-order valence-corrected chi connectivity index (χ3v) is 4.14. The minimum absolute atomic E-state index is 0.133. The molecule has 5 nitrogen and oxygen atoms in total. The Bertz CT molecular complexity index is 519. The number of nitrogens with zero attached hydrogens (tertiary/aromatic N) is 2. The monoisotopic (exact) mass is 315 g/mol. The molecule has 0 saturated carbocycles. The lowest BCUT2D eigenvalue weighted by atomic mass is 9.96. The van der Waals surface area contributed by atoms with Gasteiger partial charge in [-0.1, -0.05) is 18.5 Å². The van der Waals surface area contributed by atoms with E-state index in [1.807, 2.05) is 4.90 Å². The maximum atomic E-state index is 13.6. The Balaban J connectivity index is 2.12. The first-order chi connectivity index (χ1) is 10.0. The molecule has 21 heavy (non-hydrogen) atoms. The second-order valence-electron chi connectivity index (χ2n) is 5.25. The summed E-state index contributed by atoms with van der Waals surface area (Å²) in [6.45, 7) is 5.35. The molecule has 0 unspecified atom stereocenters. The van der Waals surface area contributed by atoms with E-state index in [4.69, 9.17) is 11.6 Å². The highest BCUT2D eigenvalue weighted by atomic mass is 35.5. The van der Waals surface area contributed by atoms with Gasteiger partial charge in [-0.15, -0.1) is 0 Å². The number of benzene rings is 1. The standard InChI is InChI=1S/C14H19ClFN3O2/c1-2-17-9-10-3-5-18(6-4-10)13-8-12(16)11(15)7-14(13)19(20)21/h7-8,10,17H,2-6,9H2,1H3. The van der Waals surface area contributed by atoms with E-state index in [1.165, 1.54) is 6.07 Å². The Morgan fingerprint density at radius 1 is 1.48 bits per heavy atom. The molecule has 1 fully saturated rings. The molecule has 0 spiro atoms. The largest absolute Gasteiger partial charge is 0.366 e. The van der Waals surface area contributed by atoms with Gasteiger partial charge in [0.2, 0.25) is 0 Å². The summed E-state index contributed by atoms with van der Waals surface area (Å²) in [5.41, 5.74) is 0.190. The zero-order valence-electron chi connectivity index (χ0n) is 11.9. The van der Waals surface area contributed by atoms with Gasteiger partial charge < -0.3 is 10.2 Å². The molecule has 0 aromatic heterocycles. The van der Waals surface area contributed by atoms with Crippen LogP contribution in [0.25, 0.3) is 0 Å². The van der Waals surface area contributed by atoms with Crippen LogP contribution in [0.3, 0.4) is 0 Å². The molecule has 0 bridgehead atoms. The fraction of sp³-hybridized carbons (Fsp3) is 0.571. The van der Waals surface area contributed by atoms with Gasteiger partial charge in [0.1, 0.15) is 11.5 Å². The first kappa shape index (κ1) is 16.0. The van der Waals surface area contributed by atoms with Gasteiger partial charge in [0, 0.05) is 25.2 Å². The summed E-state index contributed by atoms with van der Waals surface area (Å²) < 4.78 is 13.6. The molecule has 1 N–H and O–H groups in total. The minimum atomic E-state index is -0.618. The van der Waals surface area contributed by atoms with E-state index >= 15 is 0 Å². The number of piperidine rings is 1. The molecule has 1 saturated heterocycles. The van der Waals surface area contributed by atoms with Crippen molar-refractivity contribution in [2.75, 3.05) is 31.1 Å². The number of hydrogen-bond acceptors (Lipinski definition) is 4. The summed E-state index contributed by atoms with van der Waals surface area (Å²) in [7, 11) is 0. The molecule has 7 heteroatoms. The molecule has 116 valence electrons. The SMILES string of the molecule is CCNCC1CCN(c2cc(F)c(Cl)cc2[N+](=O)[O-])CC1. The van der Waals surface area contributed by atoms with Crippen molar-refractivity contribution in [2.24, 2.45) is 5.92 Å². The molecule has 1 heterocycles. The molecule has 2 rings (SSSR count). The van der Waals surface area contributed by atoms with Crippen molar-refractivity contribution in [3.8, 4) is 0 Å². The molecule has 1 aliphatic rings. The smallest absolute Gasteiger partial charge is 0.294 e. The number of rotatable bonds is 5. The van der Waals surface area contributed by atoms with Crippen molar-refractivity contribution < 1.29 is 9.31 Å². The van der Waals surface area contributed by atoms with E-state index in [-0.39, 0.29) is 10.7 Å². The highest BCUT2D eigenvalue weighted by Crippen LogP contribution is 2.35. The summed E-state index contributed by atoms with van der Waals surface area (Å²) >= 11 is 5.64. The van der Waals surface area contributed by atoms with Crippen molar-refractivity contribution in [1.29, 1.82) is 0 Å². The predicted molar refractivity (Wildman–Crippen MR) is 81.5 cm³/mol. The van der Waals surface area contributed by atoms with Gasteiger partial charge in [0.25, 0.3) is 5.69 Å². The van der Waals surface area contributed by atoms with Crippen LogP contribution in [0.1, 0.15) is 19.8 Å². The van der Waals surface area contributed by atoms with Gasteiger partial charge in [-0.3, -0.25) is 10.1 Å².